The summed E-state index contributed by atoms with van der Waals surface area (Å²) in [5.41, 5.74) is 10.9. The van der Waals surface area contributed by atoms with Crippen LogP contribution in [0.4, 0.5) is 4.79 Å². The SMILES string of the molecule is NC(=O)NC(CC(=O)NNC(=O)C12CC3CC(CC(C3)C1)C2)c1ccccc1. The van der Waals surface area contributed by atoms with E-state index in [4.69, 9.17) is 5.73 Å². The molecule has 1 aromatic carbocycles. The van der Waals surface area contributed by atoms with Crippen LogP contribution in [-0.4, -0.2) is 17.8 Å². The summed E-state index contributed by atoms with van der Waals surface area (Å²) in [4.78, 5) is 36.6. The Morgan fingerprint density at radius 1 is 0.964 bits per heavy atom. The highest BCUT2D eigenvalue weighted by Gasteiger charge is 2.54. The number of primary amides is 1. The molecule has 7 heteroatoms. The van der Waals surface area contributed by atoms with Crippen molar-refractivity contribution >= 4 is 17.8 Å². The number of hydrogen-bond donors (Lipinski definition) is 4. The lowest BCUT2D eigenvalue weighted by Crippen LogP contribution is -2.56. The Hall–Kier alpha value is -2.57. The Morgan fingerprint density at radius 2 is 1.54 bits per heavy atom. The van der Waals surface area contributed by atoms with Crippen molar-refractivity contribution in [2.24, 2.45) is 28.9 Å². The third-order valence-corrected chi connectivity index (χ3v) is 6.74. The van der Waals surface area contributed by atoms with Crippen molar-refractivity contribution in [1.82, 2.24) is 16.2 Å². The molecule has 4 amide bonds. The second kappa shape index (κ2) is 7.45. The Labute approximate surface area is 164 Å². The third-order valence-electron chi connectivity index (χ3n) is 6.74. The molecule has 28 heavy (non-hydrogen) atoms. The molecule has 0 heterocycles. The molecule has 4 fully saturated rings. The summed E-state index contributed by atoms with van der Waals surface area (Å²) in [6.07, 6.45) is 6.60. The lowest BCUT2D eigenvalue weighted by Gasteiger charge is -2.55. The van der Waals surface area contributed by atoms with Gasteiger partial charge >= 0.3 is 6.03 Å². The summed E-state index contributed by atoms with van der Waals surface area (Å²) in [6.45, 7) is 0. The highest BCUT2D eigenvalue weighted by atomic mass is 16.2. The van der Waals surface area contributed by atoms with E-state index in [1.165, 1.54) is 19.3 Å². The molecule has 0 aliphatic heterocycles. The molecule has 7 nitrogen and oxygen atoms in total. The molecule has 5 N–H and O–H groups in total. The molecule has 1 aromatic rings. The van der Waals surface area contributed by atoms with Gasteiger partial charge < -0.3 is 11.1 Å². The summed E-state index contributed by atoms with van der Waals surface area (Å²) >= 11 is 0. The zero-order valence-electron chi connectivity index (χ0n) is 15.9. The van der Waals surface area contributed by atoms with Crippen LogP contribution in [-0.2, 0) is 9.59 Å². The standard InChI is InChI=1S/C21H28N4O3/c22-20(28)23-17(16-4-2-1-3-5-16)9-18(26)24-25-19(27)21-10-13-6-14(11-21)8-15(7-13)12-21/h1-5,13-15,17H,6-12H2,(H,24,26)(H,25,27)(H3,22,23,28). The van der Waals surface area contributed by atoms with E-state index < -0.39 is 12.1 Å². The van der Waals surface area contributed by atoms with E-state index in [-0.39, 0.29) is 23.7 Å². The van der Waals surface area contributed by atoms with Crippen LogP contribution in [0, 0.1) is 23.2 Å². The maximum atomic E-state index is 12.9. The van der Waals surface area contributed by atoms with Crippen molar-refractivity contribution in [2.45, 2.75) is 51.0 Å². The lowest BCUT2D eigenvalue weighted by atomic mass is 9.49. The molecule has 0 radical (unpaired) electrons. The van der Waals surface area contributed by atoms with Crippen molar-refractivity contribution in [2.75, 3.05) is 0 Å². The quantitative estimate of drug-likeness (QED) is 0.583. The van der Waals surface area contributed by atoms with Gasteiger partial charge in [-0.25, -0.2) is 4.79 Å². The fraction of sp³-hybridized carbons (Fsp3) is 0.571. The minimum atomic E-state index is -0.695. The van der Waals surface area contributed by atoms with Crippen molar-refractivity contribution < 1.29 is 14.4 Å². The predicted molar refractivity (Wildman–Crippen MR) is 103 cm³/mol. The number of hydrogen-bond acceptors (Lipinski definition) is 3. The first-order valence-electron chi connectivity index (χ1n) is 10.1. The number of rotatable bonds is 5. The number of nitrogens with two attached hydrogens (primary N) is 1. The Bertz CT molecular complexity index is 729. The van der Waals surface area contributed by atoms with E-state index in [9.17, 15) is 14.4 Å². The monoisotopic (exact) mass is 384 g/mol. The summed E-state index contributed by atoms with van der Waals surface area (Å²) in [6, 6.07) is 7.92. The van der Waals surface area contributed by atoms with Gasteiger partial charge in [0, 0.05) is 0 Å². The molecular formula is C21H28N4O3. The first-order chi connectivity index (χ1) is 13.4. The minimum absolute atomic E-state index is 0.00584. The average Bonchev–Trinajstić information content (AvgIpc) is 2.65. The molecule has 1 atom stereocenters. The van der Waals surface area contributed by atoms with Crippen LogP contribution >= 0.6 is 0 Å². The highest BCUT2D eigenvalue weighted by molar-refractivity contribution is 5.86. The summed E-state index contributed by atoms with van der Waals surface area (Å²) in [7, 11) is 0. The Kier molecular flexibility index (Phi) is 5.00. The van der Waals surface area contributed by atoms with Gasteiger partial charge in [-0.1, -0.05) is 30.3 Å². The van der Waals surface area contributed by atoms with Crippen molar-refractivity contribution in [3.8, 4) is 0 Å². The van der Waals surface area contributed by atoms with E-state index in [1.54, 1.807) is 0 Å². The predicted octanol–water partition coefficient (Wildman–Crippen LogP) is 2.15. The molecule has 4 aliphatic rings. The topological polar surface area (TPSA) is 113 Å². The molecule has 1 unspecified atom stereocenters. The molecular weight excluding hydrogens is 356 g/mol. The number of benzene rings is 1. The maximum absolute atomic E-state index is 12.9. The zero-order valence-corrected chi connectivity index (χ0v) is 15.9. The first-order valence-corrected chi connectivity index (χ1v) is 10.1. The van der Waals surface area contributed by atoms with Gasteiger partial charge in [-0.3, -0.25) is 20.4 Å². The van der Waals surface area contributed by atoms with Gasteiger partial charge in [0.2, 0.25) is 11.8 Å². The second-order valence-corrected chi connectivity index (χ2v) is 8.88. The second-order valence-electron chi connectivity index (χ2n) is 8.88. The maximum Gasteiger partial charge on any atom is 0.312 e. The Balaban J connectivity index is 1.34. The van der Waals surface area contributed by atoms with E-state index in [1.807, 2.05) is 30.3 Å². The van der Waals surface area contributed by atoms with Gasteiger partial charge in [-0.05, 0) is 61.8 Å². The summed E-state index contributed by atoms with van der Waals surface area (Å²) in [5.74, 6) is 1.57. The summed E-state index contributed by atoms with van der Waals surface area (Å²) in [5, 5.41) is 2.59. The normalized spacial score (nSPS) is 31.1. The largest absolute Gasteiger partial charge is 0.352 e. The molecule has 0 saturated heterocycles. The number of nitrogens with one attached hydrogen (secondary N) is 3. The van der Waals surface area contributed by atoms with Crippen molar-refractivity contribution in [3.05, 3.63) is 35.9 Å². The van der Waals surface area contributed by atoms with E-state index in [0.29, 0.717) is 17.8 Å². The van der Waals surface area contributed by atoms with Crippen LogP contribution in [0.1, 0.15) is 56.6 Å². The molecule has 150 valence electrons. The average molecular weight is 384 g/mol. The summed E-state index contributed by atoms with van der Waals surface area (Å²) < 4.78 is 0. The lowest BCUT2D eigenvalue weighted by molar-refractivity contribution is -0.149. The van der Waals surface area contributed by atoms with Gasteiger partial charge in [-0.2, -0.15) is 0 Å². The molecule has 4 aliphatic carbocycles. The highest BCUT2D eigenvalue weighted by Crippen LogP contribution is 2.60. The number of carbonyl (C=O) groups is 3. The fourth-order valence-electron chi connectivity index (χ4n) is 5.99. The number of carbonyl (C=O) groups excluding carboxylic acids is 3. The molecule has 5 rings (SSSR count). The van der Waals surface area contributed by atoms with Crippen LogP contribution < -0.4 is 21.9 Å². The molecule has 0 aromatic heterocycles. The van der Waals surface area contributed by atoms with Gasteiger partial charge in [0.1, 0.15) is 0 Å². The van der Waals surface area contributed by atoms with Crippen molar-refractivity contribution in [3.63, 3.8) is 0 Å². The number of hydrazine groups is 1. The van der Waals surface area contributed by atoms with Crippen LogP contribution in [0.2, 0.25) is 0 Å². The van der Waals surface area contributed by atoms with E-state index in [0.717, 1.165) is 24.8 Å². The fourth-order valence-corrected chi connectivity index (χ4v) is 5.99. The van der Waals surface area contributed by atoms with Gasteiger partial charge in [-0.15, -0.1) is 0 Å². The van der Waals surface area contributed by atoms with Crippen molar-refractivity contribution in [1.29, 1.82) is 0 Å². The van der Waals surface area contributed by atoms with Crippen LogP contribution in [0.5, 0.6) is 0 Å². The van der Waals surface area contributed by atoms with Gasteiger partial charge in [0.05, 0.1) is 17.9 Å². The minimum Gasteiger partial charge on any atom is -0.352 e. The number of amides is 4. The number of urea groups is 1. The Morgan fingerprint density at radius 3 is 2.07 bits per heavy atom. The van der Waals surface area contributed by atoms with Crippen LogP contribution in [0.15, 0.2) is 30.3 Å². The van der Waals surface area contributed by atoms with E-state index in [2.05, 4.69) is 16.2 Å². The van der Waals surface area contributed by atoms with Gasteiger partial charge in [0.15, 0.2) is 0 Å². The first kappa shape index (κ1) is 18.8. The van der Waals surface area contributed by atoms with Crippen LogP contribution in [0.3, 0.4) is 0 Å². The van der Waals surface area contributed by atoms with E-state index >= 15 is 0 Å². The van der Waals surface area contributed by atoms with Gasteiger partial charge in [0.25, 0.3) is 0 Å². The third kappa shape index (κ3) is 3.84. The zero-order chi connectivity index (χ0) is 19.7. The van der Waals surface area contributed by atoms with Crippen LogP contribution in [0.25, 0.3) is 0 Å². The molecule has 4 saturated carbocycles. The molecule has 4 bridgehead atoms. The smallest absolute Gasteiger partial charge is 0.312 e. The molecule has 0 spiro atoms.